The highest BCUT2D eigenvalue weighted by Crippen LogP contribution is 2.31. The van der Waals surface area contributed by atoms with Gasteiger partial charge in [-0.25, -0.2) is 0 Å². The minimum atomic E-state index is -0.589. The van der Waals surface area contributed by atoms with Crippen molar-refractivity contribution >= 4 is 10.0 Å². The third-order valence-corrected chi connectivity index (χ3v) is 4.82. The molecular weight excluding hydrogens is 324 g/mol. The molecule has 3 aromatic carbocycles. The lowest BCUT2D eigenvalue weighted by Crippen LogP contribution is -2.02. The van der Waals surface area contributed by atoms with Gasteiger partial charge < -0.3 is 8.85 Å². The van der Waals surface area contributed by atoms with Crippen LogP contribution in [0.5, 0.6) is 0 Å². The van der Waals surface area contributed by atoms with E-state index in [1.807, 2.05) is 13.8 Å². The predicted molar refractivity (Wildman–Crippen MR) is 109 cm³/mol. The molecule has 0 aliphatic heterocycles. The van der Waals surface area contributed by atoms with Gasteiger partial charge in [-0.3, -0.25) is 0 Å². The number of hydrogen-bond donors (Lipinski definition) is 0. The molecule has 0 amide bonds. The maximum Gasteiger partial charge on any atom is 0.304 e. The minimum absolute atomic E-state index is 0.589. The molecule has 0 aliphatic carbocycles. The molecule has 0 bridgehead atoms. The van der Waals surface area contributed by atoms with E-state index in [-0.39, 0.29) is 0 Å². The van der Waals surface area contributed by atoms with Crippen molar-refractivity contribution in [2.45, 2.75) is 13.8 Å². The van der Waals surface area contributed by atoms with Crippen molar-refractivity contribution in [1.29, 1.82) is 0 Å². The van der Waals surface area contributed by atoms with Crippen LogP contribution in [-0.2, 0) is 8.85 Å². The molecule has 3 aromatic rings. The van der Waals surface area contributed by atoms with Gasteiger partial charge in [-0.1, -0.05) is 84.9 Å². The first-order chi connectivity index (χ1) is 12.4. The second-order valence-corrected chi connectivity index (χ2v) is 6.43. The van der Waals surface area contributed by atoms with Crippen LogP contribution in [0.25, 0.3) is 22.3 Å². The number of benzene rings is 3. The van der Waals surface area contributed by atoms with Crippen LogP contribution in [0.2, 0.25) is 0 Å². The van der Waals surface area contributed by atoms with Gasteiger partial charge >= 0.3 is 10.0 Å². The van der Waals surface area contributed by atoms with E-state index in [1.54, 1.807) is 0 Å². The second-order valence-electron chi connectivity index (χ2n) is 5.38. The van der Waals surface area contributed by atoms with Crippen molar-refractivity contribution in [3.63, 3.8) is 0 Å². The van der Waals surface area contributed by atoms with Crippen LogP contribution in [0.4, 0.5) is 0 Å². The van der Waals surface area contributed by atoms with Gasteiger partial charge in [0, 0.05) is 13.2 Å². The van der Waals surface area contributed by atoms with E-state index in [1.165, 1.54) is 22.3 Å². The zero-order chi connectivity index (χ0) is 17.7. The van der Waals surface area contributed by atoms with E-state index < -0.39 is 10.0 Å². The van der Waals surface area contributed by atoms with Gasteiger partial charge in [-0.05, 0) is 36.1 Å². The van der Waals surface area contributed by atoms with Crippen molar-refractivity contribution in [3.05, 3.63) is 84.9 Å². The van der Waals surface area contributed by atoms with E-state index in [0.717, 1.165) is 13.2 Å². The Bertz CT molecular complexity index is 652. The van der Waals surface area contributed by atoms with Crippen LogP contribution in [-0.4, -0.2) is 23.2 Å². The van der Waals surface area contributed by atoms with E-state index in [0.29, 0.717) is 0 Å². The highest BCUT2D eigenvalue weighted by atomic mass is 28.3. The largest absolute Gasteiger partial charge is 0.399 e. The summed E-state index contributed by atoms with van der Waals surface area (Å²) in [5.74, 6) is 0. The zero-order valence-electron chi connectivity index (χ0n) is 15.0. The lowest BCUT2D eigenvalue weighted by molar-refractivity contribution is 0.240. The molecule has 0 N–H and O–H groups in total. The molecule has 0 saturated carbocycles. The fourth-order valence-corrected chi connectivity index (χ4v) is 2.90. The van der Waals surface area contributed by atoms with Gasteiger partial charge in [0.2, 0.25) is 0 Å². The van der Waals surface area contributed by atoms with Crippen molar-refractivity contribution in [2.24, 2.45) is 0 Å². The molecule has 0 atom stereocenters. The smallest absolute Gasteiger partial charge is 0.304 e. The molecule has 25 heavy (non-hydrogen) atoms. The predicted octanol–water partition coefficient (Wildman–Crippen LogP) is 5.08. The second kappa shape index (κ2) is 11.4. The molecule has 0 aliphatic rings. The normalized spacial score (nSPS) is 10.0. The van der Waals surface area contributed by atoms with Crippen LogP contribution < -0.4 is 0 Å². The van der Waals surface area contributed by atoms with Gasteiger partial charge in [0.25, 0.3) is 0 Å². The topological polar surface area (TPSA) is 18.5 Å². The summed E-state index contributed by atoms with van der Waals surface area (Å²) >= 11 is 0. The molecule has 0 heterocycles. The monoisotopic (exact) mass is 350 g/mol. The Hall–Kier alpha value is -2.20. The molecule has 0 spiro atoms. The highest BCUT2D eigenvalue weighted by molar-refractivity contribution is 6.17. The van der Waals surface area contributed by atoms with E-state index in [9.17, 15) is 0 Å². The Morgan fingerprint density at radius 1 is 0.560 bits per heavy atom. The zero-order valence-corrected chi connectivity index (χ0v) is 16.4. The standard InChI is InChI=1S/C18H14.C4H12O2Si/c1-3-9-15(10-4-1)17-13-7-8-14-18(17)16-11-5-2-6-12-16;1-3-5-7-6-4-2/h1-14H;3-4,7H2,1-2H3. The molecule has 0 aromatic heterocycles. The first kappa shape index (κ1) is 19.1. The summed E-state index contributed by atoms with van der Waals surface area (Å²) in [6.45, 7) is 5.55. The third kappa shape index (κ3) is 6.31. The van der Waals surface area contributed by atoms with E-state index >= 15 is 0 Å². The van der Waals surface area contributed by atoms with Gasteiger partial charge in [0.15, 0.2) is 0 Å². The third-order valence-electron chi connectivity index (χ3n) is 3.67. The van der Waals surface area contributed by atoms with Gasteiger partial charge in [0.1, 0.15) is 0 Å². The Kier molecular flexibility index (Phi) is 8.70. The van der Waals surface area contributed by atoms with Crippen molar-refractivity contribution in [3.8, 4) is 22.3 Å². The molecule has 0 saturated heterocycles. The van der Waals surface area contributed by atoms with Gasteiger partial charge in [-0.15, -0.1) is 0 Å². The van der Waals surface area contributed by atoms with Crippen molar-refractivity contribution in [2.75, 3.05) is 13.2 Å². The number of hydrogen-bond acceptors (Lipinski definition) is 2. The van der Waals surface area contributed by atoms with Crippen molar-refractivity contribution < 1.29 is 8.85 Å². The fraction of sp³-hybridized carbons (Fsp3) is 0.182. The van der Waals surface area contributed by atoms with Crippen LogP contribution >= 0.6 is 0 Å². The molecule has 0 unspecified atom stereocenters. The molecule has 2 nitrogen and oxygen atoms in total. The summed E-state index contributed by atoms with van der Waals surface area (Å²) in [5, 5.41) is 0. The summed E-state index contributed by atoms with van der Waals surface area (Å²) in [7, 11) is -0.589. The Balaban J connectivity index is 0.000000277. The molecule has 3 heteroatoms. The highest BCUT2D eigenvalue weighted by Gasteiger charge is 2.05. The number of rotatable bonds is 6. The summed E-state index contributed by atoms with van der Waals surface area (Å²) in [6, 6.07) is 29.6. The quantitative estimate of drug-likeness (QED) is 0.456. The molecule has 130 valence electrons. The van der Waals surface area contributed by atoms with E-state index in [2.05, 4.69) is 84.9 Å². The Morgan fingerprint density at radius 3 is 1.28 bits per heavy atom. The Morgan fingerprint density at radius 2 is 0.920 bits per heavy atom. The summed E-state index contributed by atoms with van der Waals surface area (Å²) < 4.78 is 9.98. The lowest BCUT2D eigenvalue weighted by Gasteiger charge is -2.09. The minimum Gasteiger partial charge on any atom is -0.399 e. The van der Waals surface area contributed by atoms with E-state index in [4.69, 9.17) is 8.85 Å². The summed E-state index contributed by atoms with van der Waals surface area (Å²) in [5.41, 5.74) is 5.09. The van der Waals surface area contributed by atoms with Crippen LogP contribution in [0.1, 0.15) is 13.8 Å². The van der Waals surface area contributed by atoms with Gasteiger partial charge in [0.05, 0.1) is 0 Å². The van der Waals surface area contributed by atoms with Crippen LogP contribution in [0, 0.1) is 0 Å². The molecule has 0 fully saturated rings. The maximum absolute atomic E-state index is 4.99. The summed E-state index contributed by atoms with van der Waals surface area (Å²) in [4.78, 5) is 0. The SMILES string of the molecule is CCO[SiH2]OCC.c1ccc(-c2ccccc2-c2ccccc2)cc1. The lowest BCUT2D eigenvalue weighted by atomic mass is 9.95. The van der Waals surface area contributed by atoms with Crippen molar-refractivity contribution in [1.82, 2.24) is 0 Å². The first-order valence-corrected chi connectivity index (χ1v) is 9.87. The Labute approximate surface area is 153 Å². The van der Waals surface area contributed by atoms with Gasteiger partial charge in [-0.2, -0.15) is 0 Å². The van der Waals surface area contributed by atoms with Crippen LogP contribution in [0.15, 0.2) is 84.9 Å². The summed E-state index contributed by atoms with van der Waals surface area (Å²) in [6.07, 6.45) is 0. The first-order valence-electron chi connectivity index (χ1n) is 8.72. The average Bonchev–Trinajstić information content (AvgIpc) is 2.70. The molecule has 0 radical (unpaired) electrons. The maximum atomic E-state index is 4.99. The average molecular weight is 351 g/mol. The van der Waals surface area contributed by atoms with Crippen LogP contribution in [0.3, 0.4) is 0 Å². The molecular formula is C22H26O2Si. The fourth-order valence-electron chi connectivity index (χ4n) is 2.45. The molecule has 3 rings (SSSR count).